The molecule has 0 aliphatic rings. The molecular formula is C9H16N2O5. The number of carboxylic acid groups (broad SMARTS) is 1. The van der Waals surface area contributed by atoms with Gasteiger partial charge in [0.15, 0.2) is 0 Å². The van der Waals surface area contributed by atoms with Gasteiger partial charge in [0, 0.05) is 6.54 Å². The van der Waals surface area contributed by atoms with Crippen LogP contribution in [0.15, 0.2) is 0 Å². The summed E-state index contributed by atoms with van der Waals surface area (Å²) in [7, 11) is 1.21. The average molecular weight is 232 g/mol. The maximum Gasteiger partial charge on any atom is 0.328 e. The normalized spacial score (nSPS) is 13.4. The third-order valence-corrected chi connectivity index (χ3v) is 1.89. The molecule has 0 heterocycles. The van der Waals surface area contributed by atoms with Crippen LogP contribution in [0.3, 0.4) is 0 Å². The number of rotatable bonds is 5. The number of carboxylic acids is 1. The second-order valence-corrected chi connectivity index (χ2v) is 3.34. The number of nitrogens with one attached hydrogen (secondary N) is 2. The molecule has 0 aromatic rings. The second-order valence-electron chi connectivity index (χ2n) is 3.34. The molecule has 0 rings (SSSR count). The smallest absolute Gasteiger partial charge is 0.328 e. The summed E-state index contributed by atoms with van der Waals surface area (Å²) in [4.78, 5) is 32.6. The summed E-state index contributed by atoms with van der Waals surface area (Å²) in [5.74, 6) is -2.25. The minimum Gasteiger partial charge on any atom is -0.481 e. The van der Waals surface area contributed by atoms with Gasteiger partial charge in [-0.1, -0.05) is 6.92 Å². The monoisotopic (exact) mass is 232 g/mol. The summed E-state index contributed by atoms with van der Waals surface area (Å²) in [6, 6.07) is -1.38. The molecule has 0 aliphatic heterocycles. The second kappa shape index (κ2) is 6.65. The number of amides is 2. The van der Waals surface area contributed by atoms with E-state index in [0.717, 1.165) is 0 Å². The van der Waals surface area contributed by atoms with Crippen LogP contribution in [0.25, 0.3) is 0 Å². The molecule has 16 heavy (non-hydrogen) atoms. The quantitative estimate of drug-likeness (QED) is 0.558. The van der Waals surface area contributed by atoms with E-state index in [1.54, 1.807) is 0 Å². The lowest BCUT2D eigenvalue weighted by Gasteiger charge is -2.13. The standard InChI is InChI=1S/C9H16N2O5/c1-5(7(12)13)4-10-9(15)11-6(2)8(14)16-3/h5-6H,4H2,1-3H3,(H,12,13)(H2,10,11,15). The van der Waals surface area contributed by atoms with Crippen molar-refractivity contribution in [3.05, 3.63) is 0 Å². The van der Waals surface area contributed by atoms with Gasteiger partial charge in [0.2, 0.25) is 0 Å². The fraction of sp³-hybridized carbons (Fsp3) is 0.667. The molecule has 0 saturated heterocycles. The van der Waals surface area contributed by atoms with Gasteiger partial charge in [-0.05, 0) is 6.92 Å². The van der Waals surface area contributed by atoms with E-state index in [0.29, 0.717) is 0 Å². The Balaban J connectivity index is 3.91. The zero-order valence-corrected chi connectivity index (χ0v) is 9.44. The van der Waals surface area contributed by atoms with Crippen molar-refractivity contribution in [3.8, 4) is 0 Å². The van der Waals surface area contributed by atoms with E-state index in [4.69, 9.17) is 5.11 Å². The van der Waals surface area contributed by atoms with Crippen LogP contribution in [0.5, 0.6) is 0 Å². The summed E-state index contributed by atoms with van der Waals surface area (Å²) in [5.41, 5.74) is 0. The number of methoxy groups -OCH3 is 1. The Kier molecular flexibility index (Phi) is 5.91. The van der Waals surface area contributed by atoms with Crippen LogP contribution in [0.2, 0.25) is 0 Å². The number of urea groups is 1. The summed E-state index contributed by atoms with van der Waals surface area (Å²) in [5, 5.41) is 13.2. The molecule has 0 radical (unpaired) electrons. The van der Waals surface area contributed by atoms with E-state index in [-0.39, 0.29) is 6.54 Å². The van der Waals surface area contributed by atoms with E-state index in [1.807, 2.05) is 0 Å². The molecule has 2 unspecified atom stereocenters. The number of esters is 1. The minimum atomic E-state index is -0.999. The lowest BCUT2D eigenvalue weighted by Crippen LogP contribution is -2.46. The highest BCUT2D eigenvalue weighted by Gasteiger charge is 2.17. The number of aliphatic carboxylic acids is 1. The first-order valence-electron chi connectivity index (χ1n) is 4.73. The van der Waals surface area contributed by atoms with E-state index in [1.165, 1.54) is 21.0 Å². The largest absolute Gasteiger partial charge is 0.481 e. The average Bonchev–Trinajstić information content (AvgIpc) is 2.24. The van der Waals surface area contributed by atoms with Gasteiger partial charge >= 0.3 is 18.0 Å². The maximum atomic E-state index is 11.2. The Morgan fingerprint density at radius 1 is 1.31 bits per heavy atom. The molecule has 0 aromatic carbocycles. The Morgan fingerprint density at radius 3 is 2.31 bits per heavy atom. The molecule has 92 valence electrons. The van der Waals surface area contributed by atoms with Crippen molar-refractivity contribution in [2.24, 2.45) is 5.92 Å². The van der Waals surface area contributed by atoms with E-state index in [9.17, 15) is 14.4 Å². The van der Waals surface area contributed by atoms with Gasteiger partial charge in [-0.2, -0.15) is 0 Å². The van der Waals surface area contributed by atoms with Crippen LogP contribution in [0.1, 0.15) is 13.8 Å². The summed E-state index contributed by atoms with van der Waals surface area (Å²) in [6.45, 7) is 2.92. The number of hydrogen-bond donors (Lipinski definition) is 3. The van der Waals surface area contributed by atoms with Crippen molar-refractivity contribution in [2.45, 2.75) is 19.9 Å². The minimum absolute atomic E-state index is 0.00490. The third kappa shape index (κ3) is 5.18. The van der Waals surface area contributed by atoms with Crippen LogP contribution in [0, 0.1) is 5.92 Å². The molecule has 7 heteroatoms. The van der Waals surface area contributed by atoms with Gasteiger partial charge in [-0.3, -0.25) is 4.79 Å². The molecule has 2 atom stereocenters. The van der Waals surface area contributed by atoms with Crippen LogP contribution in [-0.2, 0) is 14.3 Å². The molecule has 2 amide bonds. The van der Waals surface area contributed by atoms with Crippen LogP contribution in [0.4, 0.5) is 4.79 Å². The van der Waals surface area contributed by atoms with E-state index >= 15 is 0 Å². The summed E-state index contributed by atoms with van der Waals surface area (Å²) in [6.07, 6.45) is 0. The summed E-state index contributed by atoms with van der Waals surface area (Å²) < 4.78 is 4.40. The molecular weight excluding hydrogens is 216 g/mol. The Bertz CT molecular complexity index is 279. The highest BCUT2D eigenvalue weighted by molar-refractivity contribution is 5.83. The predicted molar refractivity (Wildman–Crippen MR) is 54.8 cm³/mol. The van der Waals surface area contributed by atoms with Crippen LogP contribution in [-0.4, -0.2) is 42.8 Å². The van der Waals surface area contributed by atoms with Crippen molar-refractivity contribution in [3.63, 3.8) is 0 Å². The van der Waals surface area contributed by atoms with Gasteiger partial charge < -0.3 is 20.5 Å². The molecule has 0 spiro atoms. The number of ether oxygens (including phenoxy) is 1. The topological polar surface area (TPSA) is 105 Å². The number of hydrogen-bond acceptors (Lipinski definition) is 4. The van der Waals surface area contributed by atoms with Crippen LogP contribution >= 0.6 is 0 Å². The highest BCUT2D eigenvalue weighted by atomic mass is 16.5. The number of carbonyl (C=O) groups excluding carboxylic acids is 2. The van der Waals surface area contributed by atoms with Gasteiger partial charge in [0.1, 0.15) is 6.04 Å². The van der Waals surface area contributed by atoms with Crippen molar-refractivity contribution < 1.29 is 24.2 Å². The fourth-order valence-corrected chi connectivity index (χ4v) is 0.816. The van der Waals surface area contributed by atoms with Crippen LogP contribution < -0.4 is 10.6 Å². The zero-order chi connectivity index (χ0) is 12.7. The summed E-state index contributed by atoms with van der Waals surface area (Å²) >= 11 is 0. The first-order valence-corrected chi connectivity index (χ1v) is 4.73. The first kappa shape index (κ1) is 14.2. The number of carbonyl (C=O) groups is 3. The first-order chi connectivity index (χ1) is 7.38. The van der Waals surface area contributed by atoms with Gasteiger partial charge in [0.05, 0.1) is 13.0 Å². The molecule has 0 bridgehead atoms. The third-order valence-electron chi connectivity index (χ3n) is 1.89. The molecule has 0 saturated carbocycles. The van der Waals surface area contributed by atoms with Gasteiger partial charge in [-0.25, -0.2) is 9.59 Å². The van der Waals surface area contributed by atoms with Gasteiger partial charge in [-0.15, -0.1) is 0 Å². The fourth-order valence-electron chi connectivity index (χ4n) is 0.816. The van der Waals surface area contributed by atoms with Crippen molar-refractivity contribution in [1.29, 1.82) is 0 Å². The Hall–Kier alpha value is -1.79. The lowest BCUT2D eigenvalue weighted by molar-refractivity contribution is -0.142. The van der Waals surface area contributed by atoms with Crippen molar-refractivity contribution in [2.75, 3.05) is 13.7 Å². The molecule has 0 fully saturated rings. The predicted octanol–water partition coefficient (Wildman–Crippen LogP) is -0.432. The van der Waals surface area contributed by atoms with Crippen molar-refractivity contribution in [1.82, 2.24) is 10.6 Å². The lowest BCUT2D eigenvalue weighted by atomic mass is 10.2. The SMILES string of the molecule is COC(=O)C(C)NC(=O)NCC(C)C(=O)O. The zero-order valence-electron chi connectivity index (χ0n) is 9.44. The maximum absolute atomic E-state index is 11.2. The Morgan fingerprint density at radius 2 is 1.88 bits per heavy atom. The highest BCUT2D eigenvalue weighted by Crippen LogP contribution is 1.91. The Labute approximate surface area is 93.2 Å². The molecule has 7 nitrogen and oxygen atoms in total. The van der Waals surface area contributed by atoms with Gasteiger partial charge in [0.25, 0.3) is 0 Å². The molecule has 0 aliphatic carbocycles. The van der Waals surface area contributed by atoms with E-state index < -0.39 is 29.9 Å². The molecule has 3 N–H and O–H groups in total. The molecule has 0 aromatic heterocycles. The van der Waals surface area contributed by atoms with E-state index in [2.05, 4.69) is 15.4 Å². The van der Waals surface area contributed by atoms with Crippen molar-refractivity contribution >= 4 is 18.0 Å².